The van der Waals surface area contributed by atoms with E-state index < -0.39 is 0 Å². The molecule has 0 radical (unpaired) electrons. The van der Waals surface area contributed by atoms with E-state index in [1.807, 2.05) is 17.8 Å². The number of aromatic nitrogens is 2. The van der Waals surface area contributed by atoms with Crippen molar-refractivity contribution >= 4 is 29.9 Å². The number of hydrogen-bond acceptors (Lipinski definition) is 2. The van der Waals surface area contributed by atoms with Crippen molar-refractivity contribution in [2.24, 2.45) is 12.0 Å². The van der Waals surface area contributed by atoms with Crippen molar-refractivity contribution in [2.75, 3.05) is 13.1 Å². The maximum Gasteiger partial charge on any atom is 0.191 e. The summed E-state index contributed by atoms with van der Waals surface area (Å²) in [6.45, 7) is 8.74. The number of nitrogens with one attached hydrogen (secondary N) is 2. The molecule has 0 saturated heterocycles. The Balaban J connectivity index is 0.00000288. The summed E-state index contributed by atoms with van der Waals surface area (Å²) in [5, 5.41) is 10.9. The summed E-state index contributed by atoms with van der Waals surface area (Å²) in [6.07, 6.45) is 1.80. The maximum atomic E-state index is 4.63. The van der Waals surface area contributed by atoms with Crippen LogP contribution in [0.1, 0.15) is 36.6 Å². The van der Waals surface area contributed by atoms with Gasteiger partial charge in [0.25, 0.3) is 0 Å². The Morgan fingerprint density at radius 3 is 2.71 bits per heavy atom. The van der Waals surface area contributed by atoms with Gasteiger partial charge in [0.15, 0.2) is 5.96 Å². The molecule has 6 heteroatoms. The third kappa shape index (κ3) is 6.14. The monoisotopic (exact) mass is 441 g/mol. The van der Waals surface area contributed by atoms with E-state index in [1.54, 1.807) is 6.20 Å². The van der Waals surface area contributed by atoms with E-state index in [4.69, 9.17) is 0 Å². The van der Waals surface area contributed by atoms with Crippen LogP contribution >= 0.6 is 24.0 Å². The van der Waals surface area contributed by atoms with E-state index in [2.05, 4.69) is 65.8 Å². The molecule has 2 rings (SSSR count). The minimum absolute atomic E-state index is 0. The minimum atomic E-state index is 0. The van der Waals surface area contributed by atoms with Crippen LogP contribution in [0.15, 0.2) is 41.5 Å². The van der Waals surface area contributed by atoms with Crippen LogP contribution in [0.4, 0.5) is 0 Å². The summed E-state index contributed by atoms with van der Waals surface area (Å²) in [5.74, 6) is 1.27. The standard InChI is InChI=1S/C18H27N5.HI/c1-5-19-18(21-13-17-9-10-22-23(17)4)20-12-15(3)16-8-6-7-14(2)11-16;/h6-11,15H,5,12-13H2,1-4H3,(H2,19,20,21);1H. The van der Waals surface area contributed by atoms with Gasteiger partial charge in [0, 0.05) is 26.3 Å². The molecule has 1 aromatic carbocycles. The molecule has 2 N–H and O–H groups in total. The third-order valence-electron chi connectivity index (χ3n) is 3.85. The topological polar surface area (TPSA) is 54.2 Å². The van der Waals surface area contributed by atoms with Crippen molar-refractivity contribution in [2.45, 2.75) is 33.2 Å². The zero-order valence-corrected chi connectivity index (χ0v) is 17.2. The second-order valence-corrected chi connectivity index (χ2v) is 5.84. The molecule has 24 heavy (non-hydrogen) atoms. The van der Waals surface area contributed by atoms with E-state index >= 15 is 0 Å². The van der Waals surface area contributed by atoms with Gasteiger partial charge < -0.3 is 10.6 Å². The number of halogens is 1. The first kappa shape index (κ1) is 20.5. The molecule has 132 valence electrons. The summed E-state index contributed by atoms with van der Waals surface area (Å²) in [7, 11) is 1.94. The Labute approximate surface area is 162 Å². The Morgan fingerprint density at radius 1 is 1.29 bits per heavy atom. The first-order chi connectivity index (χ1) is 11.1. The highest BCUT2D eigenvalue weighted by molar-refractivity contribution is 14.0. The van der Waals surface area contributed by atoms with E-state index in [1.165, 1.54) is 11.1 Å². The van der Waals surface area contributed by atoms with Crippen molar-refractivity contribution in [1.29, 1.82) is 0 Å². The van der Waals surface area contributed by atoms with Gasteiger partial charge >= 0.3 is 0 Å². The second-order valence-electron chi connectivity index (χ2n) is 5.84. The van der Waals surface area contributed by atoms with Crippen molar-refractivity contribution in [1.82, 2.24) is 20.4 Å². The number of aliphatic imine (C=N–C) groups is 1. The highest BCUT2D eigenvalue weighted by Crippen LogP contribution is 2.15. The predicted octanol–water partition coefficient (Wildman–Crippen LogP) is 3.21. The fourth-order valence-electron chi connectivity index (χ4n) is 2.40. The molecule has 0 aliphatic rings. The van der Waals surface area contributed by atoms with Gasteiger partial charge in [-0.1, -0.05) is 36.8 Å². The van der Waals surface area contributed by atoms with E-state index in [-0.39, 0.29) is 24.0 Å². The Morgan fingerprint density at radius 2 is 2.08 bits per heavy atom. The minimum Gasteiger partial charge on any atom is -0.357 e. The lowest BCUT2D eigenvalue weighted by Crippen LogP contribution is -2.39. The Bertz CT molecular complexity index is 650. The van der Waals surface area contributed by atoms with Gasteiger partial charge in [0.05, 0.1) is 12.2 Å². The van der Waals surface area contributed by atoms with Crippen LogP contribution in [-0.2, 0) is 13.6 Å². The molecule has 0 aliphatic carbocycles. The van der Waals surface area contributed by atoms with E-state index in [0.717, 1.165) is 24.7 Å². The van der Waals surface area contributed by atoms with Crippen LogP contribution in [0.2, 0.25) is 0 Å². The Hall–Kier alpha value is -1.57. The second kappa shape index (κ2) is 10.3. The number of hydrogen-bond donors (Lipinski definition) is 2. The van der Waals surface area contributed by atoms with Crippen LogP contribution in [-0.4, -0.2) is 28.8 Å². The molecule has 0 saturated carbocycles. The van der Waals surface area contributed by atoms with Gasteiger partial charge in [0.2, 0.25) is 0 Å². The van der Waals surface area contributed by atoms with Crippen molar-refractivity contribution in [3.8, 4) is 0 Å². The van der Waals surface area contributed by atoms with Crippen LogP contribution in [0.25, 0.3) is 0 Å². The first-order valence-corrected chi connectivity index (χ1v) is 8.15. The summed E-state index contributed by atoms with van der Waals surface area (Å²) >= 11 is 0. The molecule has 0 amide bonds. The highest BCUT2D eigenvalue weighted by atomic mass is 127. The maximum absolute atomic E-state index is 4.63. The molecular formula is C18H28IN5. The number of rotatable bonds is 6. The molecule has 2 aromatic rings. The van der Waals surface area contributed by atoms with Crippen LogP contribution in [0.3, 0.4) is 0 Å². The Kier molecular flexibility index (Phi) is 8.81. The van der Waals surface area contributed by atoms with Crippen molar-refractivity contribution in [3.05, 3.63) is 53.3 Å². The van der Waals surface area contributed by atoms with Gasteiger partial charge in [-0.2, -0.15) is 5.10 Å². The zero-order chi connectivity index (χ0) is 16.7. The lowest BCUT2D eigenvalue weighted by Gasteiger charge is -2.16. The number of aryl methyl sites for hydroxylation is 2. The predicted molar refractivity (Wildman–Crippen MR) is 111 cm³/mol. The largest absolute Gasteiger partial charge is 0.357 e. The smallest absolute Gasteiger partial charge is 0.191 e. The lowest BCUT2D eigenvalue weighted by atomic mass is 9.99. The number of guanidine groups is 1. The molecule has 1 unspecified atom stereocenters. The van der Waals surface area contributed by atoms with Crippen molar-refractivity contribution in [3.63, 3.8) is 0 Å². The third-order valence-corrected chi connectivity index (χ3v) is 3.85. The number of nitrogens with zero attached hydrogens (tertiary/aromatic N) is 3. The van der Waals surface area contributed by atoms with Gasteiger partial charge in [-0.05, 0) is 31.4 Å². The van der Waals surface area contributed by atoms with Gasteiger partial charge in [0.1, 0.15) is 0 Å². The summed E-state index contributed by atoms with van der Waals surface area (Å²) in [6, 6.07) is 10.7. The van der Waals surface area contributed by atoms with E-state index in [0.29, 0.717) is 12.5 Å². The lowest BCUT2D eigenvalue weighted by molar-refractivity contribution is 0.688. The first-order valence-electron chi connectivity index (χ1n) is 8.15. The van der Waals surface area contributed by atoms with Crippen LogP contribution in [0, 0.1) is 6.92 Å². The molecule has 5 nitrogen and oxygen atoms in total. The molecule has 1 heterocycles. The van der Waals surface area contributed by atoms with Gasteiger partial charge in [-0.25, -0.2) is 4.99 Å². The zero-order valence-electron chi connectivity index (χ0n) is 14.9. The summed E-state index contributed by atoms with van der Waals surface area (Å²) in [4.78, 5) is 4.63. The molecular weight excluding hydrogens is 413 g/mol. The van der Waals surface area contributed by atoms with E-state index in [9.17, 15) is 0 Å². The fourth-order valence-corrected chi connectivity index (χ4v) is 2.40. The molecule has 0 bridgehead atoms. The van der Waals surface area contributed by atoms with Crippen LogP contribution in [0.5, 0.6) is 0 Å². The quantitative estimate of drug-likeness (QED) is 0.411. The van der Waals surface area contributed by atoms with Gasteiger partial charge in [-0.15, -0.1) is 24.0 Å². The molecule has 1 atom stereocenters. The fraction of sp³-hybridized carbons (Fsp3) is 0.444. The molecule has 0 aliphatic heterocycles. The summed E-state index contributed by atoms with van der Waals surface area (Å²) in [5.41, 5.74) is 3.74. The molecule has 0 fully saturated rings. The summed E-state index contributed by atoms with van der Waals surface area (Å²) < 4.78 is 1.85. The highest BCUT2D eigenvalue weighted by Gasteiger charge is 2.07. The average Bonchev–Trinajstić information content (AvgIpc) is 2.95. The molecule has 1 aromatic heterocycles. The van der Waals surface area contributed by atoms with Crippen molar-refractivity contribution < 1.29 is 0 Å². The normalized spacial score (nSPS) is 12.4. The molecule has 0 spiro atoms. The van der Waals surface area contributed by atoms with Crippen LogP contribution < -0.4 is 10.6 Å². The SMILES string of the molecule is CCNC(=NCc1ccnn1C)NCC(C)c1cccc(C)c1.I. The average molecular weight is 441 g/mol. The number of benzene rings is 1. The van der Waals surface area contributed by atoms with Gasteiger partial charge in [-0.3, -0.25) is 4.68 Å².